The van der Waals surface area contributed by atoms with E-state index in [2.05, 4.69) is 34.3 Å². The highest BCUT2D eigenvalue weighted by atomic mass is 16.6. The van der Waals surface area contributed by atoms with Crippen LogP contribution in [0.3, 0.4) is 0 Å². The van der Waals surface area contributed by atoms with E-state index < -0.39 is 6.09 Å². The van der Waals surface area contributed by atoms with Gasteiger partial charge in [0.2, 0.25) is 0 Å². The summed E-state index contributed by atoms with van der Waals surface area (Å²) in [5.74, 6) is -0.236. The molecule has 2 aromatic carbocycles. The fraction of sp³-hybridized carbons (Fsp3) is 0.533. The molecule has 0 radical (unpaired) electrons. The Hall–Kier alpha value is -3.02. The number of rotatable bonds is 21. The summed E-state index contributed by atoms with van der Waals surface area (Å²) in [6.45, 7) is 5.33. The third-order valence-electron chi connectivity index (χ3n) is 6.24. The van der Waals surface area contributed by atoms with Gasteiger partial charge in [0, 0.05) is 19.1 Å². The molecule has 0 bridgehead atoms. The minimum absolute atomic E-state index is 0.0525. The van der Waals surface area contributed by atoms with Crippen LogP contribution in [0, 0.1) is 0 Å². The molecule has 10 nitrogen and oxygen atoms in total. The summed E-state index contributed by atoms with van der Waals surface area (Å²) in [4.78, 5) is 23.1. The van der Waals surface area contributed by atoms with Gasteiger partial charge in [-0.1, -0.05) is 48.5 Å². The average Bonchev–Trinajstić information content (AvgIpc) is 3.30. The zero-order chi connectivity index (χ0) is 28.3. The Bertz CT molecular complexity index is 971. The van der Waals surface area contributed by atoms with E-state index in [1.807, 2.05) is 24.3 Å². The number of carbonyl (C=O) groups is 2. The number of ether oxygens (including phenoxy) is 7. The minimum atomic E-state index is -0.417. The van der Waals surface area contributed by atoms with E-state index in [-0.39, 0.29) is 18.3 Å². The van der Waals surface area contributed by atoms with Gasteiger partial charge in [0.1, 0.15) is 6.61 Å². The molecule has 1 aliphatic rings. The Labute approximate surface area is 236 Å². The Morgan fingerprint density at radius 1 is 0.675 bits per heavy atom. The summed E-state index contributed by atoms with van der Waals surface area (Å²) in [6, 6.07) is 16.5. The quantitative estimate of drug-likeness (QED) is 0.181. The van der Waals surface area contributed by atoms with Crippen molar-refractivity contribution in [2.45, 2.75) is 18.8 Å². The van der Waals surface area contributed by atoms with E-state index >= 15 is 0 Å². The van der Waals surface area contributed by atoms with E-state index in [4.69, 9.17) is 28.4 Å². The Balaban J connectivity index is 1.08. The van der Waals surface area contributed by atoms with Gasteiger partial charge in [-0.15, -0.1) is 0 Å². The summed E-state index contributed by atoms with van der Waals surface area (Å²) in [5, 5.41) is 2.79. The van der Waals surface area contributed by atoms with Crippen LogP contribution < -0.4 is 5.32 Å². The van der Waals surface area contributed by atoms with Crippen LogP contribution in [-0.2, 0) is 38.0 Å². The molecule has 40 heavy (non-hydrogen) atoms. The number of fused-ring (bicyclic) bond motifs is 3. The minimum Gasteiger partial charge on any atom is -0.469 e. The van der Waals surface area contributed by atoms with Crippen molar-refractivity contribution in [2.75, 3.05) is 86.3 Å². The van der Waals surface area contributed by atoms with E-state index in [9.17, 15) is 9.59 Å². The van der Waals surface area contributed by atoms with Crippen molar-refractivity contribution in [3.63, 3.8) is 0 Å². The summed E-state index contributed by atoms with van der Waals surface area (Å²) >= 11 is 0. The molecule has 0 aromatic heterocycles. The number of amides is 1. The predicted molar refractivity (Wildman–Crippen MR) is 148 cm³/mol. The van der Waals surface area contributed by atoms with Crippen LogP contribution in [0.1, 0.15) is 29.9 Å². The Morgan fingerprint density at radius 2 is 1.15 bits per heavy atom. The van der Waals surface area contributed by atoms with Gasteiger partial charge < -0.3 is 38.5 Å². The number of alkyl carbamates (subject to hydrolysis) is 1. The lowest BCUT2D eigenvalue weighted by Crippen LogP contribution is -2.27. The fourth-order valence-electron chi connectivity index (χ4n) is 4.25. The number of carbonyl (C=O) groups excluding carboxylic acids is 2. The lowest BCUT2D eigenvalue weighted by atomic mass is 9.98. The molecule has 0 spiro atoms. The first-order valence-electron chi connectivity index (χ1n) is 13.7. The summed E-state index contributed by atoms with van der Waals surface area (Å²) < 4.78 is 37.1. The zero-order valence-corrected chi connectivity index (χ0v) is 23.3. The second-order valence-electron chi connectivity index (χ2n) is 8.99. The van der Waals surface area contributed by atoms with Crippen molar-refractivity contribution < 1.29 is 42.7 Å². The summed E-state index contributed by atoms with van der Waals surface area (Å²) in [7, 11) is 1.35. The fourth-order valence-corrected chi connectivity index (χ4v) is 4.25. The number of hydrogen-bond acceptors (Lipinski definition) is 9. The standard InChI is InChI=1S/C30H41NO9/c1-34-29(32)11-14-36-16-18-38-20-22-39-21-19-37-17-15-35-13-6-12-31-30(33)40-23-28-26-9-4-2-7-24(26)25-8-3-5-10-27(25)28/h2-5,7-10,28H,6,11-23H2,1H3,(H,31,33). The van der Waals surface area contributed by atoms with Crippen LogP contribution in [0.2, 0.25) is 0 Å². The lowest BCUT2D eigenvalue weighted by Gasteiger charge is -2.14. The summed E-state index contributed by atoms with van der Waals surface area (Å²) in [5.41, 5.74) is 4.80. The summed E-state index contributed by atoms with van der Waals surface area (Å²) in [6.07, 6.45) is 0.509. The maximum atomic E-state index is 12.2. The van der Waals surface area contributed by atoms with Crippen molar-refractivity contribution in [1.82, 2.24) is 5.32 Å². The molecule has 1 amide bonds. The van der Waals surface area contributed by atoms with E-state index in [0.29, 0.717) is 85.6 Å². The monoisotopic (exact) mass is 559 g/mol. The van der Waals surface area contributed by atoms with Crippen LogP contribution in [-0.4, -0.2) is 98.4 Å². The largest absolute Gasteiger partial charge is 0.469 e. The van der Waals surface area contributed by atoms with Crippen LogP contribution in [0.25, 0.3) is 11.1 Å². The van der Waals surface area contributed by atoms with Gasteiger partial charge >= 0.3 is 12.1 Å². The highest BCUT2D eigenvalue weighted by Crippen LogP contribution is 2.44. The van der Waals surface area contributed by atoms with Gasteiger partial charge in [0.25, 0.3) is 0 Å². The highest BCUT2D eigenvalue weighted by Gasteiger charge is 2.28. The second kappa shape index (κ2) is 19.1. The smallest absolute Gasteiger partial charge is 0.407 e. The number of nitrogens with one attached hydrogen (secondary N) is 1. The molecule has 10 heteroatoms. The number of benzene rings is 2. The predicted octanol–water partition coefficient (Wildman–Crippen LogP) is 3.56. The molecule has 0 fully saturated rings. The molecule has 3 rings (SSSR count). The van der Waals surface area contributed by atoms with Crippen molar-refractivity contribution in [2.24, 2.45) is 0 Å². The van der Waals surface area contributed by atoms with Crippen LogP contribution in [0.5, 0.6) is 0 Å². The van der Waals surface area contributed by atoms with Gasteiger partial charge in [-0.05, 0) is 28.7 Å². The second-order valence-corrected chi connectivity index (χ2v) is 8.99. The van der Waals surface area contributed by atoms with Crippen molar-refractivity contribution in [3.05, 3.63) is 59.7 Å². The van der Waals surface area contributed by atoms with Gasteiger partial charge in [-0.25, -0.2) is 4.79 Å². The number of esters is 1. The molecular formula is C30H41NO9. The van der Waals surface area contributed by atoms with Crippen LogP contribution in [0.15, 0.2) is 48.5 Å². The SMILES string of the molecule is COC(=O)CCOCCOCCOCCOCCOCCCNC(=O)OCC1c2ccccc2-c2ccccc21. The van der Waals surface area contributed by atoms with Gasteiger partial charge in [-0.3, -0.25) is 4.79 Å². The molecule has 0 saturated heterocycles. The van der Waals surface area contributed by atoms with Crippen molar-refractivity contribution >= 4 is 12.1 Å². The van der Waals surface area contributed by atoms with Gasteiger partial charge in [0.15, 0.2) is 0 Å². The molecular weight excluding hydrogens is 518 g/mol. The topological polar surface area (TPSA) is 111 Å². The van der Waals surface area contributed by atoms with Crippen molar-refractivity contribution in [1.29, 1.82) is 0 Å². The zero-order valence-electron chi connectivity index (χ0n) is 23.3. The number of methoxy groups -OCH3 is 1. The Morgan fingerprint density at radius 3 is 1.68 bits per heavy atom. The molecule has 220 valence electrons. The molecule has 0 aliphatic heterocycles. The Kier molecular flexibility index (Phi) is 15.1. The molecule has 1 N–H and O–H groups in total. The maximum absolute atomic E-state index is 12.2. The van der Waals surface area contributed by atoms with Gasteiger partial charge in [0.05, 0.1) is 73.0 Å². The third kappa shape index (κ3) is 11.2. The first-order valence-corrected chi connectivity index (χ1v) is 13.7. The highest BCUT2D eigenvalue weighted by molar-refractivity contribution is 5.79. The van der Waals surface area contributed by atoms with Crippen LogP contribution >= 0.6 is 0 Å². The van der Waals surface area contributed by atoms with E-state index in [0.717, 1.165) is 0 Å². The van der Waals surface area contributed by atoms with Crippen LogP contribution in [0.4, 0.5) is 4.79 Å². The third-order valence-corrected chi connectivity index (χ3v) is 6.24. The van der Waals surface area contributed by atoms with E-state index in [1.165, 1.54) is 29.4 Å². The maximum Gasteiger partial charge on any atom is 0.407 e. The molecule has 1 aliphatic carbocycles. The molecule has 0 saturated carbocycles. The first kappa shape index (κ1) is 31.5. The number of hydrogen-bond donors (Lipinski definition) is 1. The molecule has 0 atom stereocenters. The average molecular weight is 560 g/mol. The molecule has 2 aromatic rings. The van der Waals surface area contributed by atoms with Crippen molar-refractivity contribution in [3.8, 4) is 11.1 Å². The van der Waals surface area contributed by atoms with E-state index in [1.54, 1.807) is 0 Å². The molecule has 0 unspecified atom stereocenters. The molecule has 0 heterocycles. The normalized spacial score (nSPS) is 12.1. The first-order chi connectivity index (χ1) is 19.7. The van der Waals surface area contributed by atoms with Gasteiger partial charge in [-0.2, -0.15) is 0 Å². The lowest BCUT2D eigenvalue weighted by molar-refractivity contribution is -0.141.